The second kappa shape index (κ2) is 5.32. The summed E-state index contributed by atoms with van der Waals surface area (Å²) in [5.74, 6) is 0. The summed E-state index contributed by atoms with van der Waals surface area (Å²) in [5, 5.41) is 10.1. The summed E-state index contributed by atoms with van der Waals surface area (Å²) in [6, 6.07) is 7.50. The maximum absolute atomic E-state index is 10.1. The molecule has 0 aliphatic carbocycles. The van der Waals surface area contributed by atoms with Crippen LogP contribution in [0.5, 0.6) is 0 Å². The Morgan fingerprint density at radius 2 is 1.75 bits per heavy atom. The van der Waals surface area contributed by atoms with Gasteiger partial charge < -0.3 is 15.7 Å². The highest BCUT2D eigenvalue weighted by Crippen LogP contribution is 2.18. The normalized spacial score (nSPS) is 19.6. The molecule has 0 unspecified atom stereocenters. The summed E-state index contributed by atoms with van der Waals surface area (Å²) in [5.41, 5.74) is 7.32. The number of benzene rings is 1. The SMILES string of the molecule is Nc1ccc([C@H](O)CN2CCCCC2)cc1. The molecule has 1 fully saturated rings. The van der Waals surface area contributed by atoms with Gasteiger partial charge in [0, 0.05) is 12.2 Å². The van der Waals surface area contributed by atoms with Gasteiger partial charge in [-0.2, -0.15) is 0 Å². The van der Waals surface area contributed by atoms with Gasteiger partial charge >= 0.3 is 0 Å². The van der Waals surface area contributed by atoms with Crippen molar-refractivity contribution in [1.29, 1.82) is 0 Å². The van der Waals surface area contributed by atoms with Crippen molar-refractivity contribution in [3.05, 3.63) is 29.8 Å². The zero-order valence-electron chi connectivity index (χ0n) is 9.60. The second-order valence-electron chi connectivity index (χ2n) is 4.54. The number of nitrogens with two attached hydrogens (primary N) is 1. The molecule has 3 N–H and O–H groups in total. The van der Waals surface area contributed by atoms with E-state index in [1.807, 2.05) is 24.3 Å². The Kier molecular flexibility index (Phi) is 3.80. The molecule has 0 radical (unpaired) electrons. The summed E-state index contributed by atoms with van der Waals surface area (Å²) in [6.07, 6.45) is 3.45. The van der Waals surface area contributed by atoms with Gasteiger partial charge in [-0.3, -0.25) is 0 Å². The predicted octanol–water partition coefficient (Wildman–Crippen LogP) is 1.79. The number of anilines is 1. The first-order valence-corrected chi connectivity index (χ1v) is 6.01. The molecule has 16 heavy (non-hydrogen) atoms. The molecule has 1 aromatic rings. The number of nitrogen functional groups attached to an aromatic ring is 1. The number of nitrogens with zero attached hydrogens (tertiary/aromatic N) is 1. The number of likely N-dealkylation sites (tertiary alicyclic amines) is 1. The minimum atomic E-state index is -0.390. The lowest BCUT2D eigenvalue weighted by Gasteiger charge is -2.28. The predicted molar refractivity (Wildman–Crippen MR) is 66.1 cm³/mol. The van der Waals surface area contributed by atoms with Crippen molar-refractivity contribution in [2.75, 3.05) is 25.4 Å². The molecule has 0 amide bonds. The van der Waals surface area contributed by atoms with Crippen LogP contribution in [0, 0.1) is 0 Å². The van der Waals surface area contributed by atoms with Crippen molar-refractivity contribution < 1.29 is 5.11 Å². The van der Waals surface area contributed by atoms with Crippen LogP contribution in [0.25, 0.3) is 0 Å². The first kappa shape index (κ1) is 11.4. The monoisotopic (exact) mass is 220 g/mol. The molecule has 1 aliphatic heterocycles. The summed E-state index contributed by atoms with van der Waals surface area (Å²) in [7, 11) is 0. The first-order valence-electron chi connectivity index (χ1n) is 6.01. The van der Waals surface area contributed by atoms with Crippen LogP contribution in [0.15, 0.2) is 24.3 Å². The van der Waals surface area contributed by atoms with Crippen LogP contribution in [-0.4, -0.2) is 29.6 Å². The number of rotatable bonds is 3. The third-order valence-electron chi connectivity index (χ3n) is 3.20. The molecular weight excluding hydrogens is 200 g/mol. The molecule has 1 saturated heterocycles. The van der Waals surface area contributed by atoms with Crippen LogP contribution in [-0.2, 0) is 0 Å². The maximum atomic E-state index is 10.1. The Morgan fingerprint density at radius 3 is 2.38 bits per heavy atom. The van der Waals surface area contributed by atoms with E-state index >= 15 is 0 Å². The van der Waals surface area contributed by atoms with E-state index in [0.717, 1.165) is 30.9 Å². The highest BCUT2D eigenvalue weighted by atomic mass is 16.3. The lowest BCUT2D eigenvalue weighted by Crippen LogP contribution is -2.33. The number of hydrogen-bond donors (Lipinski definition) is 2. The van der Waals surface area contributed by atoms with Gasteiger partial charge in [-0.1, -0.05) is 18.6 Å². The van der Waals surface area contributed by atoms with Gasteiger partial charge in [0.15, 0.2) is 0 Å². The van der Waals surface area contributed by atoms with Gasteiger partial charge in [0.05, 0.1) is 6.10 Å². The Morgan fingerprint density at radius 1 is 1.12 bits per heavy atom. The minimum absolute atomic E-state index is 0.390. The fourth-order valence-corrected chi connectivity index (χ4v) is 2.21. The molecule has 0 saturated carbocycles. The van der Waals surface area contributed by atoms with E-state index in [0.29, 0.717) is 0 Å². The highest BCUT2D eigenvalue weighted by Gasteiger charge is 2.15. The largest absolute Gasteiger partial charge is 0.399 e. The molecule has 1 aliphatic rings. The van der Waals surface area contributed by atoms with Crippen molar-refractivity contribution in [2.24, 2.45) is 0 Å². The van der Waals surface area contributed by atoms with Crippen molar-refractivity contribution in [3.63, 3.8) is 0 Å². The van der Waals surface area contributed by atoms with Crippen LogP contribution in [0.4, 0.5) is 5.69 Å². The lowest BCUT2D eigenvalue weighted by molar-refractivity contribution is 0.101. The zero-order valence-corrected chi connectivity index (χ0v) is 9.60. The van der Waals surface area contributed by atoms with Crippen LogP contribution < -0.4 is 5.73 Å². The van der Waals surface area contributed by atoms with Crippen molar-refractivity contribution >= 4 is 5.69 Å². The summed E-state index contributed by atoms with van der Waals surface area (Å²) in [6.45, 7) is 2.97. The van der Waals surface area contributed by atoms with Crippen LogP contribution in [0.3, 0.4) is 0 Å². The van der Waals surface area contributed by atoms with Crippen molar-refractivity contribution in [3.8, 4) is 0 Å². The Labute approximate surface area is 96.9 Å². The Balaban J connectivity index is 1.91. The fraction of sp³-hybridized carbons (Fsp3) is 0.538. The van der Waals surface area contributed by atoms with Crippen molar-refractivity contribution in [1.82, 2.24) is 4.90 Å². The van der Waals surface area contributed by atoms with E-state index < -0.39 is 6.10 Å². The van der Waals surface area contributed by atoms with Crippen molar-refractivity contribution in [2.45, 2.75) is 25.4 Å². The molecule has 0 spiro atoms. The number of hydrogen-bond acceptors (Lipinski definition) is 3. The average molecular weight is 220 g/mol. The number of piperidine rings is 1. The molecule has 1 atom stereocenters. The molecule has 3 heteroatoms. The summed E-state index contributed by atoms with van der Waals surface area (Å²) >= 11 is 0. The number of aliphatic hydroxyl groups is 1. The highest BCUT2D eigenvalue weighted by molar-refractivity contribution is 5.39. The summed E-state index contributed by atoms with van der Waals surface area (Å²) in [4.78, 5) is 2.34. The molecule has 0 bridgehead atoms. The third kappa shape index (κ3) is 2.97. The third-order valence-corrected chi connectivity index (χ3v) is 3.20. The topological polar surface area (TPSA) is 49.5 Å². The molecule has 1 aromatic carbocycles. The second-order valence-corrected chi connectivity index (χ2v) is 4.54. The summed E-state index contributed by atoms with van der Waals surface area (Å²) < 4.78 is 0. The zero-order chi connectivity index (χ0) is 11.4. The Hall–Kier alpha value is -1.06. The molecular formula is C13H20N2O. The minimum Gasteiger partial charge on any atom is -0.399 e. The first-order chi connectivity index (χ1) is 7.75. The van der Waals surface area contributed by atoms with E-state index in [4.69, 9.17) is 5.73 Å². The maximum Gasteiger partial charge on any atom is 0.0916 e. The number of β-amino-alcohol motifs (C(OH)–C–C–N with tert-alkyl or cyclic N) is 1. The average Bonchev–Trinajstić information content (AvgIpc) is 2.31. The van der Waals surface area contributed by atoms with E-state index in [9.17, 15) is 5.11 Å². The van der Waals surface area contributed by atoms with E-state index in [1.54, 1.807) is 0 Å². The molecule has 3 nitrogen and oxygen atoms in total. The van der Waals surface area contributed by atoms with Gasteiger partial charge in [0.2, 0.25) is 0 Å². The van der Waals surface area contributed by atoms with E-state index in [2.05, 4.69) is 4.90 Å². The van der Waals surface area contributed by atoms with Crippen LogP contribution in [0.1, 0.15) is 30.9 Å². The smallest absolute Gasteiger partial charge is 0.0916 e. The molecule has 0 aromatic heterocycles. The quantitative estimate of drug-likeness (QED) is 0.763. The fourth-order valence-electron chi connectivity index (χ4n) is 2.21. The van der Waals surface area contributed by atoms with Gasteiger partial charge in [0.25, 0.3) is 0 Å². The lowest BCUT2D eigenvalue weighted by atomic mass is 10.1. The number of aliphatic hydroxyl groups excluding tert-OH is 1. The van der Waals surface area contributed by atoms with Crippen LogP contribution in [0.2, 0.25) is 0 Å². The van der Waals surface area contributed by atoms with E-state index in [-0.39, 0.29) is 0 Å². The van der Waals surface area contributed by atoms with Gasteiger partial charge in [-0.25, -0.2) is 0 Å². The van der Waals surface area contributed by atoms with E-state index in [1.165, 1.54) is 19.3 Å². The molecule has 1 heterocycles. The molecule has 2 rings (SSSR count). The van der Waals surface area contributed by atoms with Gasteiger partial charge in [-0.15, -0.1) is 0 Å². The van der Waals surface area contributed by atoms with Gasteiger partial charge in [0.1, 0.15) is 0 Å². The Bertz CT molecular complexity index is 317. The standard InChI is InChI=1S/C13H20N2O/c14-12-6-4-11(5-7-12)13(16)10-15-8-2-1-3-9-15/h4-7,13,16H,1-3,8-10,14H2/t13-/m1/s1. The molecule has 88 valence electrons. The van der Waals surface area contributed by atoms with Gasteiger partial charge in [-0.05, 0) is 43.6 Å². The van der Waals surface area contributed by atoms with Crippen LogP contribution >= 0.6 is 0 Å².